The maximum Gasteiger partial charge on any atom is 0.266 e. The molecular weight excluding hydrogens is 392 g/mol. The van der Waals surface area contributed by atoms with E-state index >= 15 is 0 Å². The van der Waals surface area contributed by atoms with Crippen molar-refractivity contribution in [1.29, 1.82) is 0 Å². The highest BCUT2D eigenvalue weighted by atomic mass is 35.5. The summed E-state index contributed by atoms with van der Waals surface area (Å²) in [5.74, 6) is 0.747. The molecule has 0 atom stereocenters. The molecule has 0 aliphatic carbocycles. The third-order valence-electron chi connectivity index (χ3n) is 3.93. The quantitative estimate of drug-likeness (QED) is 0.418. The molecule has 1 aliphatic rings. The normalized spacial score (nSPS) is 16.8. The average Bonchev–Trinajstić information content (AvgIpc) is 2.98. The highest BCUT2D eigenvalue weighted by Crippen LogP contribution is 2.34. The van der Waals surface area contributed by atoms with Crippen LogP contribution >= 0.6 is 23.4 Å². The summed E-state index contributed by atoms with van der Waals surface area (Å²) >= 11 is 7.33. The molecule has 1 aliphatic heterocycles. The lowest BCUT2D eigenvalue weighted by molar-refractivity contribution is -0.122. The third-order valence-corrected chi connectivity index (χ3v) is 5.19. The first-order chi connectivity index (χ1) is 13.6. The molecule has 6 heteroatoms. The fourth-order valence-corrected chi connectivity index (χ4v) is 3.76. The number of rotatable bonds is 7. The Kier molecular flexibility index (Phi) is 6.95. The molecule has 1 amide bonds. The topological polar surface area (TPSA) is 41.9 Å². The van der Waals surface area contributed by atoms with Crippen LogP contribution < -0.4 is 4.74 Å². The molecule has 0 bridgehead atoms. The molecule has 28 heavy (non-hydrogen) atoms. The number of thioether (sulfide) groups is 1. The van der Waals surface area contributed by atoms with Crippen LogP contribution in [0, 0.1) is 0 Å². The zero-order valence-corrected chi connectivity index (χ0v) is 17.2. The first-order valence-corrected chi connectivity index (χ1v) is 10.2. The van der Waals surface area contributed by atoms with Gasteiger partial charge in [-0.25, -0.2) is 4.99 Å². The number of halogens is 1. The van der Waals surface area contributed by atoms with Crippen molar-refractivity contribution in [3.8, 4) is 5.75 Å². The number of amides is 1. The number of benzene rings is 2. The predicted molar refractivity (Wildman–Crippen MR) is 118 cm³/mol. The number of carbonyl (C=O) groups is 1. The van der Waals surface area contributed by atoms with Gasteiger partial charge >= 0.3 is 0 Å². The Hall–Kier alpha value is -2.50. The molecule has 0 unspecified atom stereocenters. The van der Waals surface area contributed by atoms with E-state index in [1.54, 1.807) is 23.1 Å². The number of aliphatic imine (C=N–C) groups is 1. The first kappa shape index (κ1) is 20.2. The molecular formula is C22H21ClN2O2S. The van der Waals surface area contributed by atoms with Crippen molar-refractivity contribution in [3.05, 3.63) is 76.7 Å². The standard InChI is InChI=1S/C22H21ClN2O2S/c1-3-13-25-21(26)20(15-16-5-11-19(12-6-16)27-14-4-2)28-22(25)24-18-9-7-17(23)8-10-18/h4-12,15H,2-3,13-14H2,1H3/b20-15-,24-22?. The van der Waals surface area contributed by atoms with Crippen LogP contribution in [0.5, 0.6) is 5.75 Å². The lowest BCUT2D eigenvalue weighted by Crippen LogP contribution is -2.29. The number of amidine groups is 1. The second kappa shape index (κ2) is 9.62. The minimum absolute atomic E-state index is 0.0217. The molecule has 1 heterocycles. The molecule has 2 aromatic carbocycles. The van der Waals surface area contributed by atoms with Crippen LogP contribution in [-0.4, -0.2) is 29.1 Å². The fraction of sp³-hybridized carbons (Fsp3) is 0.182. The van der Waals surface area contributed by atoms with E-state index in [0.717, 1.165) is 23.4 Å². The summed E-state index contributed by atoms with van der Waals surface area (Å²) in [6.45, 7) is 6.77. The van der Waals surface area contributed by atoms with Crippen molar-refractivity contribution >= 4 is 46.2 Å². The zero-order chi connectivity index (χ0) is 19.9. The molecule has 4 nitrogen and oxygen atoms in total. The van der Waals surface area contributed by atoms with Crippen LogP contribution in [-0.2, 0) is 4.79 Å². The minimum Gasteiger partial charge on any atom is -0.490 e. The zero-order valence-electron chi connectivity index (χ0n) is 15.6. The van der Waals surface area contributed by atoms with Crippen LogP contribution in [0.3, 0.4) is 0 Å². The van der Waals surface area contributed by atoms with Gasteiger partial charge in [0, 0.05) is 11.6 Å². The van der Waals surface area contributed by atoms with Gasteiger partial charge < -0.3 is 4.74 Å². The van der Waals surface area contributed by atoms with E-state index in [2.05, 4.69) is 11.6 Å². The summed E-state index contributed by atoms with van der Waals surface area (Å²) in [6.07, 6.45) is 4.44. The van der Waals surface area contributed by atoms with E-state index in [0.29, 0.717) is 28.2 Å². The largest absolute Gasteiger partial charge is 0.490 e. The van der Waals surface area contributed by atoms with Gasteiger partial charge in [0.1, 0.15) is 12.4 Å². The predicted octanol–water partition coefficient (Wildman–Crippen LogP) is 5.92. The average molecular weight is 413 g/mol. The van der Waals surface area contributed by atoms with E-state index in [-0.39, 0.29) is 5.91 Å². The Morgan fingerprint density at radius 2 is 1.89 bits per heavy atom. The number of ether oxygens (including phenoxy) is 1. The van der Waals surface area contributed by atoms with Gasteiger partial charge in [0.05, 0.1) is 10.6 Å². The minimum atomic E-state index is -0.0217. The Balaban J connectivity index is 1.83. The lowest BCUT2D eigenvalue weighted by Gasteiger charge is -2.13. The summed E-state index contributed by atoms with van der Waals surface area (Å²) in [5, 5.41) is 1.34. The maximum absolute atomic E-state index is 12.9. The molecule has 0 aromatic heterocycles. The van der Waals surface area contributed by atoms with Gasteiger partial charge in [0.2, 0.25) is 0 Å². The van der Waals surface area contributed by atoms with Crippen LogP contribution in [0.25, 0.3) is 6.08 Å². The van der Waals surface area contributed by atoms with Gasteiger partial charge in [0.25, 0.3) is 5.91 Å². The summed E-state index contributed by atoms with van der Waals surface area (Å²) in [6, 6.07) is 14.9. The SMILES string of the molecule is C=CCOc1ccc(/C=C2\SC(=Nc3ccc(Cl)cc3)N(CCC)C2=O)cc1. The van der Waals surface area contributed by atoms with E-state index in [4.69, 9.17) is 16.3 Å². The van der Waals surface area contributed by atoms with Crippen LogP contribution in [0.1, 0.15) is 18.9 Å². The third kappa shape index (κ3) is 5.06. The van der Waals surface area contributed by atoms with Gasteiger partial charge in [-0.05, 0) is 66.2 Å². The second-order valence-electron chi connectivity index (χ2n) is 6.11. The smallest absolute Gasteiger partial charge is 0.266 e. The van der Waals surface area contributed by atoms with E-state index < -0.39 is 0 Å². The molecule has 0 N–H and O–H groups in total. The molecule has 1 fully saturated rings. The van der Waals surface area contributed by atoms with Gasteiger partial charge in [0.15, 0.2) is 5.17 Å². The maximum atomic E-state index is 12.9. The van der Waals surface area contributed by atoms with Crippen molar-refractivity contribution in [3.63, 3.8) is 0 Å². The second-order valence-corrected chi connectivity index (χ2v) is 7.55. The van der Waals surface area contributed by atoms with E-state index in [1.165, 1.54) is 11.8 Å². The molecule has 2 aromatic rings. The van der Waals surface area contributed by atoms with Crippen molar-refractivity contribution in [2.45, 2.75) is 13.3 Å². The number of nitrogens with zero attached hydrogens (tertiary/aromatic N) is 2. The molecule has 0 spiro atoms. The van der Waals surface area contributed by atoms with Crippen molar-refractivity contribution in [1.82, 2.24) is 4.90 Å². The van der Waals surface area contributed by atoms with Gasteiger partial charge in [-0.1, -0.05) is 43.3 Å². The van der Waals surface area contributed by atoms with Gasteiger partial charge in [-0.15, -0.1) is 0 Å². The summed E-state index contributed by atoms with van der Waals surface area (Å²) in [5.41, 5.74) is 1.71. The first-order valence-electron chi connectivity index (χ1n) is 9.00. The van der Waals surface area contributed by atoms with Crippen LogP contribution in [0.15, 0.2) is 71.1 Å². The molecule has 3 rings (SSSR count). The monoisotopic (exact) mass is 412 g/mol. The van der Waals surface area contributed by atoms with Gasteiger partial charge in [-0.2, -0.15) is 0 Å². The highest BCUT2D eigenvalue weighted by Gasteiger charge is 2.32. The van der Waals surface area contributed by atoms with E-state index in [9.17, 15) is 4.79 Å². The Labute approximate surface area is 174 Å². The summed E-state index contributed by atoms with van der Waals surface area (Å²) < 4.78 is 5.49. The number of hydrogen-bond donors (Lipinski definition) is 0. The summed E-state index contributed by atoms with van der Waals surface area (Å²) in [4.78, 5) is 19.9. The number of hydrogen-bond acceptors (Lipinski definition) is 4. The summed E-state index contributed by atoms with van der Waals surface area (Å²) in [7, 11) is 0. The Bertz CT molecular complexity index is 905. The van der Waals surface area contributed by atoms with Crippen LogP contribution in [0.2, 0.25) is 5.02 Å². The van der Waals surface area contributed by atoms with E-state index in [1.807, 2.05) is 49.4 Å². The highest BCUT2D eigenvalue weighted by molar-refractivity contribution is 8.18. The molecule has 144 valence electrons. The molecule has 0 saturated carbocycles. The van der Waals surface area contributed by atoms with Crippen molar-refractivity contribution in [2.75, 3.05) is 13.2 Å². The fourth-order valence-electron chi connectivity index (χ4n) is 2.61. The number of carbonyl (C=O) groups excluding carboxylic acids is 1. The van der Waals surface area contributed by atoms with Crippen molar-refractivity contribution in [2.24, 2.45) is 4.99 Å². The Morgan fingerprint density at radius 3 is 2.54 bits per heavy atom. The molecule has 1 saturated heterocycles. The van der Waals surface area contributed by atoms with Crippen LogP contribution in [0.4, 0.5) is 5.69 Å². The lowest BCUT2D eigenvalue weighted by atomic mass is 10.2. The Morgan fingerprint density at radius 1 is 1.18 bits per heavy atom. The van der Waals surface area contributed by atoms with Gasteiger partial charge in [-0.3, -0.25) is 9.69 Å². The van der Waals surface area contributed by atoms with Crippen molar-refractivity contribution < 1.29 is 9.53 Å². The molecule has 0 radical (unpaired) electrons.